The van der Waals surface area contributed by atoms with Gasteiger partial charge >= 0.3 is 0 Å². The van der Waals surface area contributed by atoms with E-state index in [1.807, 2.05) is 12.1 Å². The number of hydrogen-bond acceptors (Lipinski definition) is 1. The molecule has 22 heavy (non-hydrogen) atoms. The molecule has 1 aromatic carbocycles. The first-order chi connectivity index (χ1) is 10.6. The lowest BCUT2D eigenvalue weighted by atomic mass is 9.99. The molecule has 0 bridgehead atoms. The Morgan fingerprint density at radius 1 is 0.909 bits per heavy atom. The number of aryl methyl sites for hydroxylation is 1. The molecule has 0 saturated heterocycles. The molecule has 2 fully saturated rings. The molecule has 0 heterocycles. The zero-order chi connectivity index (χ0) is 15.6. The van der Waals surface area contributed by atoms with Crippen LogP contribution in [0.2, 0.25) is 5.02 Å². The third kappa shape index (κ3) is 3.17. The predicted molar refractivity (Wildman–Crippen MR) is 97.2 cm³/mol. The van der Waals surface area contributed by atoms with Crippen LogP contribution >= 0.6 is 18.7 Å². The van der Waals surface area contributed by atoms with Crippen LogP contribution in [-0.2, 0) is 4.57 Å². The average molecular weight is 339 g/mol. The van der Waals surface area contributed by atoms with Gasteiger partial charge < -0.3 is 4.57 Å². The maximum Gasteiger partial charge on any atom is 0.122 e. The number of hydrogen-bond donors (Lipinski definition) is 0. The molecule has 0 aromatic heterocycles. The third-order valence-electron chi connectivity index (χ3n) is 5.71. The van der Waals surface area contributed by atoms with Crippen LogP contribution in [0.5, 0.6) is 0 Å². The van der Waals surface area contributed by atoms with Gasteiger partial charge in [0.2, 0.25) is 0 Å². The van der Waals surface area contributed by atoms with Gasteiger partial charge in [-0.05, 0) is 44.7 Å². The largest absolute Gasteiger partial charge is 0.318 e. The summed E-state index contributed by atoms with van der Waals surface area (Å²) in [5.41, 5.74) is 1.94. The second-order valence-electron chi connectivity index (χ2n) is 7.25. The van der Waals surface area contributed by atoms with Crippen molar-refractivity contribution in [3.05, 3.63) is 28.8 Å². The van der Waals surface area contributed by atoms with Gasteiger partial charge in [0.05, 0.1) is 5.02 Å². The van der Waals surface area contributed by atoms with Gasteiger partial charge in [-0.3, -0.25) is 0 Å². The van der Waals surface area contributed by atoms with Crippen LogP contribution in [0.4, 0.5) is 0 Å². The fraction of sp³-hybridized carbons (Fsp3) is 0.684. The molecular weight excluding hydrogens is 311 g/mol. The number of halogens is 1. The molecule has 2 saturated carbocycles. The van der Waals surface area contributed by atoms with E-state index in [1.54, 1.807) is 0 Å². The second-order valence-corrected chi connectivity index (χ2v) is 11.0. The molecule has 0 atom stereocenters. The SMILES string of the molecule is Cc1ccc(Cl)c(P(=O)(C2CCCCC2)C2CCCCC2)c1. The van der Waals surface area contributed by atoms with Crippen LogP contribution in [0.15, 0.2) is 18.2 Å². The van der Waals surface area contributed by atoms with E-state index < -0.39 is 7.14 Å². The van der Waals surface area contributed by atoms with Crippen LogP contribution in [0.1, 0.15) is 69.8 Å². The van der Waals surface area contributed by atoms with Crippen molar-refractivity contribution in [2.24, 2.45) is 0 Å². The molecule has 0 unspecified atom stereocenters. The van der Waals surface area contributed by atoms with Crippen LogP contribution in [-0.4, -0.2) is 11.3 Å². The highest BCUT2D eigenvalue weighted by Gasteiger charge is 2.43. The van der Waals surface area contributed by atoms with E-state index in [1.165, 1.54) is 44.1 Å². The van der Waals surface area contributed by atoms with E-state index in [9.17, 15) is 4.57 Å². The Hall–Kier alpha value is -0.260. The molecule has 1 aromatic rings. The Morgan fingerprint density at radius 3 is 1.91 bits per heavy atom. The topological polar surface area (TPSA) is 17.1 Å². The van der Waals surface area contributed by atoms with E-state index in [2.05, 4.69) is 13.0 Å². The smallest absolute Gasteiger partial charge is 0.122 e. The quantitative estimate of drug-likeness (QED) is 0.591. The summed E-state index contributed by atoms with van der Waals surface area (Å²) < 4.78 is 14.4. The summed E-state index contributed by atoms with van der Waals surface area (Å²) in [4.78, 5) is 0. The molecule has 0 N–H and O–H groups in total. The zero-order valence-electron chi connectivity index (χ0n) is 13.7. The van der Waals surface area contributed by atoms with Gasteiger partial charge in [0.15, 0.2) is 0 Å². The fourth-order valence-corrected chi connectivity index (χ4v) is 9.49. The van der Waals surface area contributed by atoms with Gasteiger partial charge in [-0.15, -0.1) is 0 Å². The van der Waals surface area contributed by atoms with Crippen molar-refractivity contribution in [2.45, 2.75) is 82.4 Å². The highest BCUT2D eigenvalue weighted by molar-refractivity contribution is 7.73. The molecule has 2 aliphatic carbocycles. The zero-order valence-corrected chi connectivity index (χ0v) is 15.3. The van der Waals surface area contributed by atoms with Gasteiger partial charge in [0.1, 0.15) is 7.14 Å². The molecular formula is C19H28ClOP. The van der Waals surface area contributed by atoms with Crippen molar-refractivity contribution in [1.29, 1.82) is 0 Å². The summed E-state index contributed by atoms with van der Waals surface area (Å²) >= 11 is 6.55. The second kappa shape index (κ2) is 7.10. The summed E-state index contributed by atoms with van der Waals surface area (Å²) in [7, 11) is -2.42. The van der Waals surface area contributed by atoms with E-state index in [4.69, 9.17) is 11.6 Å². The van der Waals surface area contributed by atoms with E-state index in [-0.39, 0.29) is 0 Å². The lowest BCUT2D eigenvalue weighted by Crippen LogP contribution is -2.30. The van der Waals surface area contributed by atoms with Gasteiger partial charge in [-0.2, -0.15) is 0 Å². The lowest BCUT2D eigenvalue weighted by molar-refractivity contribution is 0.453. The van der Waals surface area contributed by atoms with Crippen LogP contribution in [0.25, 0.3) is 0 Å². The molecule has 0 spiro atoms. The lowest BCUT2D eigenvalue weighted by Gasteiger charge is -2.39. The molecule has 3 heteroatoms. The van der Waals surface area contributed by atoms with Gasteiger partial charge in [-0.25, -0.2) is 0 Å². The van der Waals surface area contributed by atoms with Gasteiger partial charge in [0.25, 0.3) is 0 Å². The van der Waals surface area contributed by atoms with Crippen molar-refractivity contribution < 1.29 is 4.57 Å². The van der Waals surface area contributed by atoms with Crippen molar-refractivity contribution >= 4 is 24.0 Å². The molecule has 122 valence electrons. The first-order valence-electron chi connectivity index (χ1n) is 8.98. The minimum Gasteiger partial charge on any atom is -0.318 e. The Balaban J connectivity index is 2.04. The van der Waals surface area contributed by atoms with Gasteiger partial charge in [-0.1, -0.05) is 61.8 Å². The van der Waals surface area contributed by atoms with Crippen molar-refractivity contribution in [1.82, 2.24) is 0 Å². The maximum atomic E-state index is 14.4. The Morgan fingerprint density at radius 2 is 1.41 bits per heavy atom. The monoisotopic (exact) mass is 338 g/mol. The number of rotatable bonds is 3. The summed E-state index contributed by atoms with van der Waals surface area (Å²) in [5, 5.41) is 1.75. The van der Waals surface area contributed by atoms with Crippen molar-refractivity contribution in [2.75, 3.05) is 0 Å². The first-order valence-corrected chi connectivity index (χ1v) is 11.2. The third-order valence-corrected chi connectivity index (χ3v) is 10.5. The highest BCUT2D eigenvalue weighted by Crippen LogP contribution is 2.62. The standard InChI is InChI=1S/C19H28ClOP/c1-15-12-13-18(20)19(14-15)22(21,16-8-4-2-5-9-16)17-10-6-3-7-11-17/h12-14,16-17H,2-11H2,1H3. The molecule has 0 aliphatic heterocycles. The summed E-state index contributed by atoms with van der Waals surface area (Å²) in [6, 6.07) is 6.13. The maximum absolute atomic E-state index is 14.4. The summed E-state index contributed by atoms with van der Waals surface area (Å²) in [6.45, 7) is 2.09. The fourth-order valence-electron chi connectivity index (χ4n) is 4.51. The minimum atomic E-state index is -2.42. The van der Waals surface area contributed by atoms with Gasteiger partial charge in [0, 0.05) is 16.6 Å². The molecule has 2 aliphatic rings. The Kier molecular flexibility index (Phi) is 5.35. The molecule has 0 amide bonds. The molecule has 1 nitrogen and oxygen atoms in total. The van der Waals surface area contributed by atoms with E-state index in [0.29, 0.717) is 11.3 Å². The van der Waals surface area contributed by atoms with Crippen LogP contribution in [0.3, 0.4) is 0 Å². The Bertz CT molecular complexity index is 535. The van der Waals surface area contributed by atoms with Crippen molar-refractivity contribution in [3.8, 4) is 0 Å². The first kappa shape index (κ1) is 16.6. The number of benzene rings is 1. The Labute approximate surface area is 140 Å². The van der Waals surface area contributed by atoms with Crippen LogP contribution in [0, 0.1) is 6.92 Å². The van der Waals surface area contributed by atoms with E-state index >= 15 is 0 Å². The summed E-state index contributed by atoms with van der Waals surface area (Å²) in [5.74, 6) is 0. The summed E-state index contributed by atoms with van der Waals surface area (Å²) in [6.07, 6.45) is 12.1. The van der Waals surface area contributed by atoms with E-state index in [0.717, 1.165) is 36.0 Å². The molecule has 0 radical (unpaired) electrons. The minimum absolute atomic E-state index is 0.378. The average Bonchev–Trinajstić information content (AvgIpc) is 2.58. The van der Waals surface area contributed by atoms with Crippen LogP contribution < -0.4 is 5.30 Å². The predicted octanol–water partition coefficient (Wildman–Crippen LogP) is 6.30. The van der Waals surface area contributed by atoms with Crippen molar-refractivity contribution in [3.63, 3.8) is 0 Å². The molecule has 3 rings (SSSR count). The highest BCUT2D eigenvalue weighted by atomic mass is 35.5. The normalized spacial score (nSPS) is 21.9.